The second-order valence-electron chi connectivity index (χ2n) is 5.39. The summed E-state index contributed by atoms with van der Waals surface area (Å²) < 4.78 is 18.0. The maximum Gasteiger partial charge on any atom is 0.339 e. The molecule has 1 aromatic carbocycles. The molecule has 0 saturated carbocycles. The van der Waals surface area contributed by atoms with Gasteiger partial charge in [-0.05, 0) is 41.8 Å². The SMILES string of the molecule is COC1=C(C(=O)O)C=C(C(=N)NC(=O)c2ccc(F)cc2)C(C)C1. The number of nitrogens with one attached hydrogen (secondary N) is 2. The van der Waals surface area contributed by atoms with Gasteiger partial charge in [-0.1, -0.05) is 6.92 Å². The van der Waals surface area contributed by atoms with Gasteiger partial charge in [0.25, 0.3) is 5.91 Å². The number of methoxy groups -OCH3 is 1. The van der Waals surface area contributed by atoms with Crippen molar-refractivity contribution < 1.29 is 23.8 Å². The van der Waals surface area contributed by atoms with Crippen LogP contribution in [0.2, 0.25) is 0 Å². The molecule has 1 amide bonds. The van der Waals surface area contributed by atoms with Crippen LogP contribution in [0, 0.1) is 17.1 Å². The first-order chi connectivity index (χ1) is 11.3. The van der Waals surface area contributed by atoms with Crippen LogP contribution in [0.1, 0.15) is 23.7 Å². The number of carboxylic acid groups (broad SMARTS) is 1. The molecule has 0 spiro atoms. The molecule has 24 heavy (non-hydrogen) atoms. The van der Waals surface area contributed by atoms with E-state index in [1.54, 1.807) is 0 Å². The minimum absolute atomic E-state index is 0.0358. The van der Waals surface area contributed by atoms with Crippen LogP contribution in [-0.2, 0) is 9.53 Å². The molecule has 1 aliphatic rings. The van der Waals surface area contributed by atoms with E-state index in [0.29, 0.717) is 17.8 Å². The Morgan fingerprint density at radius 2 is 1.96 bits per heavy atom. The number of hydrogen-bond acceptors (Lipinski definition) is 4. The number of benzene rings is 1. The summed E-state index contributed by atoms with van der Waals surface area (Å²) in [5, 5.41) is 19.7. The second-order valence-corrected chi connectivity index (χ2v) is 5.39. The molecule has 1 aromatic rings. The third-order valence-corrected chi connectivity index (χ3v) is 3.73. The summed E-state index contributed by atoms with van der Waals surface area (Å²) in [7, 11) is 1.39. The van der Waals surface area contributed by atoms with Gasteiger partial charge in [0.05, 0.1) is 12.7 Å². The smallest absolute Gasteiger partial charge is 0.339 e. The molecule has 126 valence electrons. The number of carbonyl (C=O) groups is 2. The van der Waals surface area contributed by atoms with Crippen LogP contribution in [0.3, 0.4) is 0 Å². The van der Waals surface area contributed by atoms with Gasteiger partial charge in [-0.3, -0.25) is 10.2 Å². The fraction of sp³-hybridized carbons (Fsp3) is 0.235. The molecule has 1 unspecified atom stereocenters. The van der Waals surface area contributed by atoms with Crippen LogP contribution in [0.15, 0.2) is 47.2 Å². The van der Waals surface area contributed by atoms with Crippen LogP contribution >= 0.6 is 0 Å². The number of rotatable bonds is 4. The van der Waals surface area contributed by atoms with Crippen molar-refractivity contribution in [2.75, 3.05) is 7.11 Å². The Morgan fingerprint density at radius 3 is 2.50 bits per heavy atom. The quantitative estimate of drug-likeness (QED) is 0.582. The van der Waals surface area contributed by atoms with Crippen LogP contribution in [0.4, 0.5) is 4.39 Å². The summed E-state index contributed by atoms with van der Waals surface area (Å²) in [6.07, 6.45) is 1.65. The maximum absolute atomic E-state index is 12.9. The van der Waals surface area contributed by atoms with E-state index in [4.69, 9.17) is 10.1 Å². The highest BCUT2D eigenvalue weighted by atomic mass is 19.1. The number of carboxylic acids is 1. The highest BCUT2D eigenvalue weighted by Crippen LogP contribution is 2.30. The predicted molar refractivity (Wildman–Crippen MR) is 85.1 cm³/mol. The molecule has 0 radical (unpaired) electrons. The van der Waals surface area contributed by atoms with Gasteiger partial charge >= 0.3 is 5.97 Å². The number of carbonyl (C=O) groups excluding carboxylic acids is 1. The normalized spacial score (nSPS) is 17.1. The molecule has 0 heterocycles. The van der Waals surface area contributed by atoms with E-state index < -0.39 is 17.7 Å². The standard InChI is InChI=1S/C17H17FN2O4/c1-9-7-14(24-2)13(17(22)23)8-12(9)15(19)20-16(21)10-3-5-11(18)6-4-10/h3-6,8-9H,7H2,1-2H3,(H,22,23)(H2,19,20,21). The second kappa shape index (κ2) is 7.08. The Kier molecular flexibility index (Phi) is 5.13. The zero-order valence-corrected chi connectivity index (χ0v) is 13.2. The number of amides is 1. The molecule has 0 aromatic heterocycles. The lowest BCUT2D eigenvalue weighted by Gasteiger charge is -2.24. The Labute approximate surface area is 138 Å². The van der Waals surface area contributed by atoms with E-state index in [1.807, 2.05) is 6.92 Å². The lowest BCUT2D eigenvalue weighted by atomic mass is 9.87. The summed E-state index contributed by atoms with van der Waals surface area (Å²) in [5.41, 5.74) is 0.562. The summed E-state index contributed by atoms with van der Waals surface area (Å²) in [5.74, 6) is -2.24. The number of hydrogen-bond donors (Lipinski definition) is 3. The predicted octanol–water partition coefficient (Wildman–Crippen LogP) is 2.48. The van der Waals surface area contributed by atoms with E-state index in [-0.39, 0.29) is 22.9 Å². The molecule has 0 aliphatic heterocycles. The molecule has 2 rings (SSSR count). The van der Waals surface area contributed by atoms with Gasteiger partial charge in [0.1, 0.15) is 17.4 Å². The fourth-order valence-electron chi connectivity index (χ4n) is 2.43. The van der Waals surface area contributed by atoms with Crippen molar-refractivity contribution in [1.29, 1.82) is 5.41 Å². The Bertz CT molecular complexity index is 750. The number of aliphatic carboxylic acids is 1. The van der Waals surface area contributed by atoms with Crippen LogP contribution < -0.4 is 5.32 Å². The highest BCUT2D eigenvalue weighted by molar-refractivity contribution is 6.12. The van der Waals surface area contributed by atoms with Crippen LogP contribution in [0.25, 0.3) is 0 Å². The van der Waals surface area contributed by atoms with E-state index in [9.17, 15) is 19.1 Å². The lowest BCUT2D eigenvalue weighted by Crippen LogP contribution is -2.34. The summed E-state index contributed by atoms with van der Waals surface area (Å²) >= 11 is 0. The van der Waals surface area contributed by atoms with Crippen molar-refractivity contribution in [2.24, 2.45) is 5.92 Å². The van der Waals surface area contributed by atoms with Crippen molar-refractivity contribution in [2.45, 2.75) is 13.3 Å². The Hall–Kier alpha value is -2.96. The molecule has 6 nitrogen and oxygen atoms in total. The van der Waals surface area contributed by atoms with Crippen molar-refractivity contribution in [1.82, 2.24) is 5.32 Å². The average Bonchev–Trinajstić information content (AvgIpc) is 2.54. The first kappa shape index (κ1) is 17.4. The molecule has 0 saturated heterocycles. The van der Waals surface area contributed by atoms with Crippen molar-refractivity contribution in [3.63, 3.8) is 0 Å². The lowest BCUT2D eigenvalue weighted by molar-refractivity contribution is -0.132. The first-order valence-electron chi connectivity index (χ1n) is 7.21. The minimum atomic E-state index is -1.16. The van der Waals surface area contributed by atoms with E-state index in [0.717, 1.165) is 12.1 Å². The Morgan fingerprint density at radius 1 is 1.33 bits per heavy atom. The highest BCUT2D eigenvalue weighted by Gasteiger charge is 2.27. The molecule has 1 atom stereocenters. The third kappa shape index (κ3) is 3.68. The monoisotopic (exact) mass is 332 g/mol. The molecule has 0 bridgehead atoms. The molecule has 3 N–H and O–H groups in total. The first-order valence-corrected chi connectivity index (χ1v) is 7.21. The van der Waals surface area contributed by atoms with Crippen molar-refractivity contribution in [3.8, 4) is 0 Å². The topological polar surface area (TPSA) is 99.5 Å². The van der Waals surface area contributed by atoms with Gasteiger partial charge in [-0.2, -0.15) is 0 Å². The molecule has 7 heteroatoms. The van der Waals surface area contributed by atoms with Crippen LogP contribution in [-0.4, -0.2) is 29.9 Å². The van der Waals surface area contributed by atoms with Gasteiger partial charge in [0.2, 0.25) is 0 Å². The summed E-state index contributed by atoms with van der Waals surface area (Å²) in [6.45, 7) is 1.81. The minimum Gasteiger partial charge on any atom is -0.500 e. The van der Waals surface area contributed by atoms with Gasteiger partial charge in [-0.15, -0.1) is 0 Å². The number of ether oxygens (including phenoxy) is 1. The molecular formula is C17H17FN2O4. The van der Waals surface area contributed by atoms with Crippen molar-refractivity contribution >= 4 is 17.7 Å². The number of allylic oxidation sites excluding steroid dienone is 1. The van der Waals surface area contributed by atoms with Crippen molar-refractivity contribution in [3.05, 3.63) is 58.6 Å². The fourth-order valence-corrected chi connectivity index (χ4v) is 2.43. The number of halogens is 1. The van der Waals surface area contributed by atoms with E-state index in [2.05, 4.69) is 5.32 Å². The third-order valence-electron chi connectivity index (χ3n) is 3.73. The van der Waals surface area contributed by atoms with Gasteiger partial charge < -0.3 is 15.2 Å². The molecule has 1 aliphatic carbocycles. The largest absolute Gasteiger partial charge is 0.500 e. The van der Waals surface area contributed by atoms with E-state index >= 15 is 0 Å². The van der Waals surface area contributed by atoms with Gasteiger partial charge in [0, 0.05) is 12.0 Å². The summed E-state index contributed by atoms with van der Waals surface area (Å²) in [6, 6.07) is 4.92. The summed E-state index contributed by atoms with van der Waals surface area (Å²) in [4.78, 5) is 23.4. The molecule has 0 fully saturated rings. The number of amidine groups is 1. The molecular weight excluding hydrogens is 315 g/mol. The van der Waals surface area contributed by atoms with Gasteiger partial charge in [0.15, 0.2) is 0 Å². The Balaban J connectivity index is 2.22. The van der Waals surface area contributed by atoms with E-state index in [1.165, 1.54) is 25.3 Å². The zero-order chi connectivity index (χ0) is 17.9. The van der Waals surface area contributed by atoms with Gasteiger partial charge in [-0.25, -0.2) is 9.18 Å². The zero-order valence-electron chi connectivity index (χ0n) is 13.2. The van der Waals surface area contributed by atoms with Crippen LogP contribution in [0.5, 0.6) is 0 Å². The average molecular weight is 332 g/mol. The maximum atomic E-state index is 12.9.